The number of carbonyl (C=O) groups excluding carboxylic acids is 2. The average Bonchev–Trinajstić information content (AvgIpc) is 2.56. The molecule has 0 amide bonds. The van der Waals surface area contributed by atoms with Crippen LogP contribution in [0, 0.1) is 5.82 Å². The lowest BCUT2D eigenvalue weighted by atomic mass is 9.79. The Hall–Kier alpha value is -3.07. The average molecular weight is 300 g/mol. The minimum atomic E-state index is -0.378. The van der Waals surface area contributed by atoms with Gasteiger partial charge in [0.1, 0.15) is 5.82 Å². The second-order valence-corrected chi connectivity index (χ2v) is 5.83. The van der Waals surface area contributed by atoms with Gasteiger partial charge in [-0.2, -0.15) is 0 Å². The monoisotopic (exact) mass is 300 g/mol. The molecule has 5 rings (SSSR count). The first kappa shape index (κ1) is 12.5. The molecule has 0 aliphatic heterocycles. The first-order chi connectivity index (χ1) is 11.1. The van der Waals surface area contributed by atoms with E-state index < -0.39 is 0 Å². The fourth-order valence-electron chi connectivity index (χ4n) is 3.62. The number of allylic oxidation sites excluding steroid dienone is 1. The number of benzene rings is 3. The maximum absolute atomic E-state index is 13.7. The largest absolute Gasteiger partial charge is 0.289 e. The van der Waals surface area contributed by atoms with Gasteiger partial charge in [-0.15, -0.1) is 0 Å². The summed E-state index contributed by atoms with van der Waals surface area (Å²) in [5.74, 6) is -0.576. The van der Waals surface area contributed by atoms with Crippen molar-refractivity contribution in [2.24, 2.45) is 0 Å². The summed E-state index contributed by atoms with van der Waals surface area (Å²) in [7, 11) is 0. The van der Waals surface area contributed by atoms with Crippen molar-refractivity contribution < 1.29 is 14.0 Å². The van der Waals surface area contributed by atoms with Crippen molar-refractivity contribution in [2.75, 3.05) is 0 Å². The van der Waals surface area contributed by atoms with Crippen molar-refractivity contribution in [3.63, 3.8) is 0 Å². The van der Waals surface area contributed by atoms with E-state index in [4.69, 9.17) is 0 Å². The van der Waals surface area contributed by atoms with Gasteiger partial charge in [0.05, 0.1) is 0 Å². The minimum absolute atomic E-state index is 0.0707. The van der Waals surface area contributed by atoms with Crippen LogP contribution in [0.25, 0.3) is 28.0 Å². The topological polar surface area (TPSA) is 34.1 Å². The molecule has 2 nitrogen and oxygen atoms in total. The Morgan fingerprint density at radius 1 is 0.652 bits per heavy atom. The molecular formula is C20H9FO2. The molecule has 0 spiro atoms. The van der Waals surface area contributed by atoms with Crippen molar-refractivity contribution in [1.29, 1.82) is 0 Å². The van der Waals surface area contributed by atoms with E-state index in [1.807, 2.05) is 12.1 Å². The van der Waals surface area contributed by atoms with Crippen LogP contribution in [0.3, 0.4) is 0 Å². The highest BCUT2D eigenvalue weighted by molar-refractivity contribution is 6.30. The molecule has 0 saturated heterocycles. The van der Waals surface area contributed by atoms with Crippen LogP contribution in [0.2, 0.25) is 0 Å². The number of ketones is 2. The van der Waals surface area contributed by atoms with E-state index >= 15 is 0 Å². The van der Waals surface area contributed by atoms with Crippen LogP contribution in [-0.4, -0.2) is 11.6 Å². The second-order valence-electron chi connectivity index (χ2n) is 5.83. The molecule has 0 atom stereocenters. The highest BCUT2D eigenvalue weighted by Crippen LogP contribution is 2.43. The van der Waals surface area contributed by atoms with Gasteiger partial charge in [-0.05, 0) is 53.1 Å². The highest BCUT2D eigenvalue weighted by Gasteiger charge is 2.28. The normalized spacial score (nSPS) is 14.3. The van der Waals surface area contributed by atoms with Crippen LogP contribution < -0.4 is 0 Å². The Labute approximate surface area is 130 Å². The lowest BCUT2D eigenvalue weighted by Crippen LogP contribution is -2.13. The van der Waals surface area contributed by atoms with Crippen LogP contribution >= 0.6 is 0 Å². The third-order valence-corrected chi connectivity index (χ3v) is 4.63. The Bertz CT molecular complexity index is 1110. The Balaban J connectivity index is 2.04. The van der Waals surface area contributed by atoms with Crippen molar-refractivity contribution in [3.8, 4) is 11.1 Å². The number of hydrogen-bond acceptors (Lipinski definition) is 2. The summed E-state index contributed by atoms with van der Waals surface area (Å²) in [5.41, 5.74) is 3.97. The SMILES string of the molecule is O=C1C=Cc2ccc3c4c(ccc1c24)C(=O)c1ccc(F)cc1-3. The van der Waals surface area contributed by atoms with Crippen LogP contribution in [0.5, 0.6) is 0 Å². The molecule has 2 aliphatic rings. The van der Waals surface area contributed by atoms with Crippen molar-refractivity contribution in [1.82, 2.24) is 0 Å². The van der Waals surface area contributed by atoms with Crippen LogP contribution in [0.15, 0.2) is 48.5 Å². The molecule has 0 saturated carbocycles. The lowest BCUT2D eigenvalue weighted by molar-refractivity contribution is 0.103. The van der Waals surface area contributed by atoms with Gasteiger partial charge < -0.3 is 0 Å². The van der Waals surface area contributed by atoms with E-state index in [2.05, 4.69) is 0 Å². The van der Waals surface area contributed by atoms with Crippen LogP contribution in [0.4, 0.5) is 4.39 Å². The first-order valence-electron chi connectivity index (χ1n) is 7.32. The third kappa shape index (κ3) is 1.46. The molecule has 3 aromatic rings. The van der Waals surface area contributed by atoms with E-state index in [1.54, 1.807) is 18.2 Å². The summed E-state index contributed by atoms with van der Waals surface area (Å²) in [5, 5.41) is 1.54. The summed E-state index contributed by atoms with van der Waals surface area (Å²) in [6.45, 7) is 0. The molecule has 2 aliphatic carbocycles. The van der Waals surface area contributed by atoms with Crippen molar-refractivity contribution in [3.05, 3.63) is 76.6 Å². The zero-order chi connectivity index (χ0) is 15.7. The molecule has 0 radical (unpaired) electrons. The van der Waals surface area contributed by atoms with Gasteiger partial charge in [0.25, 0.3) is 0 Å². The number of carbonyl (C=O) groups is 2. The second kappa shape index (κ2) is 4.02. The minimum Gasteiger partial charge on any atom is -0.289 e. The molecule has 108 valence electrons. The number of halogens is 1. The fraction of sp³-hybridized carbons (Fsp3) is 0. The van der Waals surface area contributed by atoms with Crippen LogP contribution in [0.1, 0.15) is 31.8 Å². The van der Waals surface area contributed by atoms with Gasteiger partial charge in [0, 0.05) is 27.5 Å². The van der Waals surface area contributed by atoms with E-state index in [0.29, 0.717) is 22.3 Å². The summed E-state index contributed by atoms with van der Waals surface area (Å²) >= 11 is 0. The van der Waals surface area contributed by atoms with Crippen molar-refractivity contribution in [2.45, 2.75) is 0 Å². The molecule has 0 bridgehead atoms. The highest BCUT2D eigenvalue weighted by atomic mass is 19.1. The van der Waals surface area contributed by atoms with Crippen LogP contribution in [-0.2, 0) is 0 Å². The molecule has 0 N–H and O–H groups in total. The molecular weight excluding hydrogens is 291 g/mol. The van der Waals surface area contributed by atoms with E-state index in [-0.39, 0.29) is 17.4 Å². The van der Waals surface area contributed by atoms with Gasteiger partial charge in [0.2, 0.25) is 0 Å². The third-order valence-electron chi connectivity index (χ3n) is 4.63. The lowest BCUT2D eigenvalue weighted by Gasteiger charge is -2.23. The molecule has 0 unspecified atom stereocenters. The predicted octanol–water partition coefficient (Wildman–Crippen LogP) is 4.40. The fourth-order valence-corrected chi connectivity index (χ4v) is 3.62. The standard InChI is InChI=1S/C20H9FO2/c21-11-3-5-13-16(9-11)12-4-1-10-2-8-17(22)14-6-7-15(20(13)23)19(12)18(10)14/h1-9H. The van der Waals surface area contributed by atoms with Gasteiger partial charge in [-0.25, -0.2) is 4.39 Å². The maximum atomic E-state index is 13.7. The Morgan fingerprint density at radius 2 is 1.39 bits per heavy atom. The predicted molar refractivity (Wildman–Crippen MR) is 86.1 cm³/mol. The van der Waals surface area contributed by atoms with Crippen molar-refractivity contribution >= 4 is 28.4 Å². The Kier molecular flexibility index (Phi) is 2.18. The molecule has 0 aromatic heterocycles. The van der Waals surface area contributed by atoms with E-state index in [0.717, 1.165) is 21.9 Å². The number of rotatable bonds is 0. The molecule has 3 heteroatoms. The summed E-state index contributed by atoms with van der Waals surface area (Å²) in [6, 6.07) is 11.5. The van der Waals surface area contributed by atoms with E-state index in [1.165, 1.54) is 24.3 Å². The number of fused-ring (bicyclic) bond motifs is 2. The smallest absolute Gasteiger partial charge is 0.194 e. The molecule has 0 fully saturated rings. The zero-order valence-corrected chi connectivity index (χ0v) is 11.9. The maximum Gasteiger partial charge on any atom is 0.194 e. The molecule has 0 heterocycles. The zero-order valence-electron chi connectivity index (χ0n) is 11.9. The summed E-state index contributed by atoms with van der Waals surface area (Å²) in [6.07, 6.45) is 3.31. The van der Waals surface area contributed by atoms with Gasteiger partial charge in [0.15, 0.2) is 11.6 Å². The van der Waals surface area contributed by atoms with Gasteiger partial charge in [-0.3, -0.25) is 9.59 Å². The Morgan fingerprint density at radius 3 is 2.26 bits per heavy atom. The summed E-state index contributed by atoms with van der Waals surface area (Å²) in [4.78, 5) is 24.9. The molecule has 23 heavy (non-hydrogen) atoms. The number of hydrogen-bond donors (Lipinski definition) is 0. The van der Waals surface area contributed by atoms with Gasteiger partial charge >= 0.3 is 0 Å². The molecule has 3 aromatic carbocycles. The van der Waals surface area contributed by atoms with E-state index in [9.17, 15) is 14.0 Å². The first-order valence-corrected chi connectivity index (χ1v) is 7.32. The quantitative estimate of drug-likeness (QED) is 0.482. The summed E-state index contributed by atoms with van der Waals surface area (Å²) < 4.78 is 13.7. The van der Waals surface area contributed by atoms with Gasteiger partial charge in [-0.1, -0.05) is 18.2 Å².